The highest BCUT2D eigenvalue weighted by Gasteiger charge is 2.09. The number of oxime groups is 1. The molecule has 2 rings (SSSR count). The van der Waals surface area contributed by atoms with Crippen molar-refractivity contribution in [2.75, 3.05) is 7.11 Å². The zero-order valence-electron chi connectivity index (χ0n) is 10.1. The van der Waals surface area contributed by atoms with Gasteiger partial charge in [-0.15, -0.1) is 0 Å². The van der Waals surface area contributed by atoms with Crippen molar-refractivity contribution in [3.05, 3.63) is 70.2 Å². The molecule has 0 saturated carbocycles. The van der Waals surface area contributed by atoms with Crippen molar-refractivity contribution in [3.8, 4) is 0 Å². The summed E-state index contributed by atoms with van der Waals surface area (Å²) in [4.78, 5) is 4.95. The van der Waals surface area contributed by atoms with E-state index in [4.69, 9.17) is 4.84 Å². The van der Waals surface area contributed by atoms with Crippen LogP contribution >= 0.6 is 15.9 Å². The number of nitrogens with zero attached hydrogens (tertiary/aromatic N) is 1. The number of hydrogen-bond acceptors (Lipinski definition) is 2. The first-order valence-electron chi connectivity index (χ1n) is 5.70. The van der Waals surface area contributed by atoms with Crippen LogP contribution in [-0.2, 0) is 11.3 Å². The van der Waals surface area contributed by atoms with E-state index in [1.165, 1.54) is 5.56 Å². The molecule has 0 atom stereocenters. The van der Waals surface area contributed by atoms with E-state index in [1.54, 1.807) is 7.11 Å². The summed E-state index contributed by atoms with van der Waals surface area (Å²) in [5.41, 5.74) is 3.18. The maximum absolute atomic E-state index is 4.95. The quantitative estimate of drug-likeness (QED) is 0.617. The number of rotatable bonds is 4. The molecule has 0 heterocycles. The molecular formula is C15H14BrNO. The Balaban J connectivity index is 2.31. The average molecular weight is 304 g/mol. The van der Waals surface area contributed by atoms with Gasteiger partial charge in [0, 0.05) is 16.5 Å². The highest BCUT2D eigenvalue weighted by atomic mass is 79.9. The van der Waals surface area contributed by atoms with Crippen molar-refractivity contribution in [1.29, 1.82) is 0 Å². The molecule has 0 saturated heterocycles. The summed E-state index contributed by atoms with van der Waals surface area (Å²) < 4.78 is 1.02. The summed E-state index contributed by atoms with van der Waals surface area (Å²) in [6, 6.07) is 18.3. The molecule has 0 bridgehead atoms. The molecule has 3 heteroatoms. The topological polar surface area (TPSA) is 21.6 Å². The van der Waals surface area contributed by atoms with Gasteiger partial charge in [0.2, 0.25) is 0 Å². The third-order valence-electron chi connectivity index (χ3n) is 2.60. The number of benzene rings is 2. The highest BCUT2D eigenvalue weighted by Crippen LogP contribution is 2.19. The van der Waals surface area contributed by atoms with E-state index in [0.29, 0.717) is 0 Å². The first-order valence-corrected chi connectivity index (χ1v) is 6.49. The van der Waals surface area contributed by atoms with Gasteiger partial charge in [0.1, 0.15) is 7.11 Å². The third kappa shape index (κ3) is 3.20. The van der Waals surface area contributed by atoms with E-state index in [-0.39, 0.29) is 0 Å². The van der Waals surface area contributed by atoms with E-state index in [1.807, 2.05) is 42.5 Å². The van der Waals surface area contributed by atoms with Crippen LogP contribution in [0.25, 0.3) is 0 Å². The fraction of sp³-hybridized carbons (Fsp3) is 0.133. The smallest absolute Gasteiger partial charge is 0.106 e. The lowest BCUT2D eigenvalue weighted by molar-refractivity contribution is 0.213. The minimum absolute atomic E-state index is 0.747. The van der Waals surface area contributed by atoms with Crippen LogP contribution in [0.3, 0.4) is 0 Å². The molecule has 2 nitrogen and oxygen atoms in total. The van der Waals surface area contributed by atoms with Crippen LogP contribution in [0.15, 0.2) is 64.2 Å². The molecule has 0 amide bonds. The van der Waals surface area contributed by atoms with Crippen molar-refractivity contribution >= 4 is 21.6 Å². The fourth-order valence-electron chi connectivity index (χ4n) is 1.77. The highest BCUT2D eigenvalue weighted by molar-refractivity contribution is 9.10. The van der Waals surface area contributed by atoms with E-state index >= 15 is 0 Å². The van der Waals surface area contributed by atoms with Crippen LogP contribution in [0.4, 0.5) is 0 Å². The molecule has 0 radical (unpaired) electrons. The second-order valence-electron chi connectivity index (χ2n) is 3.86. The Morgan fingerprint density at radius 3 is 2.39 bits per heavy atom. The number of halogens is 1. The van der Waals surface area contributed by atoms with Crippen molar-refractivity contribution < 1.29 is 4.84 Å². The van der Waals surface area contributed by atoms with Crippen LogP contribution in [0.5, 0.6) is 0 Å². The summed E-state index contributed by atoms with van der Waals surface area (Å²) in [7, 11) is 1.57. The molecule has 0 N–H and O–H groups in total. The summed E-state index contributed by atoms with van der Waals surface area (Å²) in [5.74, 6) is 0. The lowest BCUT2D eigenvalue weighted by Crippen LogP contribution is -2.06. The largest absolute Gasteiger partial charge is 0.399 e. The Morgan fingerprint density at radius 1 is 1.06 bits per heavy atom. The Hall–Kier alpha value is -1.61. The normalized spacial score (nSPS) is 11.3. The maximum atomic E-state index is 4.95. The van der Waals surface area contributed by atoms with E-state index in [0.717, 1.165) is 22.2 Å². The zero-order valence-corrected chi connectivity index (χ0v) is 11.7. The van der Waals surface area contributed by atoms with Gasteiger partial charge in [-0.2, -0.15) is 0 Å². The van der Waals surface area contributed by atoms with Crippen molar-refractivity contribution in [2.24, 2.45) is 5.16 Å². The average Bonchev–Trinajstić information content (AvgIpc) is 2.40. The van der Waals surface area contributed by atoms with Crippen molar-refractivity contribution in [1.82, 2.24) is 0 Å². The molecule has 0 aliphatic heterocycles. The lowest BCUT2D eigenvalue weighted by Gasteiger charge is -2.08. The van der Waals surface area contributed by atoms with Crippen LogP contribution in [-0.4, -0.2) is 12.8 Å². The molecule has 0 spiro atoms. The first kappa shape index (κ1) is 12.8. The fourth-order valence-corrected chi connectivity index (χ4v) is 2.28. The molecule has 0 aliphatic carbocycles. The van der Waals surface area contributed by atoms with Gasteiger partial charge >= 0.3 is 0 Å². The Morgan fingerprint density at radius 2 is 1.72 bits per heavy atom. The van der Waals surface area contributed by atoms with Crippen LogP contribution in [0.1, 0.15) is 11.1 Å². The van der Waals surface area contributed by atoms with Crippen LogP contribution in [0.2, 0.25) is 0 Å². The van der Waals surface area contributed by atoms with Crippen LogP contribution in [0, 0.1) is 0 Å². The maximum Gasteiger partial charge on any atom is 0.106 e. The summed E-state index contributed by atoms with van der Waals surface area (Å²) in [6.45, 7) is 0. The molecular weight excluding hydrogens is 290 g/mol. The standard InChI is InChI=1S/C15H14BrNO/c1-18-17-15(11-12-7-3-2-4-8-12)13-9-5-6-10-14(13)16/h2-10H,11H2,1H3/b17-15+. The van der Waals surface area contributed by atoms with Crippen LogP contribution < -0.4 is 0 Å². The Labute approximate surface area is 115 Å². The summed E-state index contributed by atoms with van der Waals surface area (Å²) in [5, 5.41) is 4.14. The molecule has 0 aromatic heterocycles. The van der Waals surface area contributed by atoms with Gasteiger partial charge in [-0.1, -0.05) is 69.6 Å². The molecule has 0 aliphatic rings. The van der Waals surface area contributed by atoms with Gasteiger partial charge in [0.05, 0.1) is 5.71 Å². The minimum Gasteiger partial charge on any atom is -0.399 e. The number of hydrogen-bond donors (Lipinski definition) is 0. The predicted octanol–water partition coefficient (Wildman–Crippen LogP) is 4.04. The second kappa shape index (κ2) is 6.36. The van der Waals surface area contributed by atoms with Crippen molar-refractivity contribution in [2.45, 2.75) is 6.42 Å². The summed E-state index contributed by atoms with van der Waals surface area (Å²) >= 11 is 3.54. The van der Waals surface area contributed by atoms with E-state index in [2.05, 4.69) is 33.2 Å². The Bertz CT molecular complexity index is 537. The van der Waals surface area contributed by atoms with E-state index < -0.39 is 0 Å². The molecule has 92 valence electrons. The third-order valence-corrected chi connectivity index (χ3v) is 3.29. The van der Waals surface area contributed by atoms with Gasteiger partial charge < -0.3 is 4.84 Å². The molecule has 2 aromatic carbocycles. The predicted molar refractivity (Wildman–Crippen MR) is 77.8 cm³/mol. The van der Waals surface area contributed by atoms with Gasteiger partial charge in [-0.25, -0.2) is 0 Å². The second-order valence-corrected chi connectivity index (χ2v) is 4.72. The van der Waals surface area contributed by atoms with Crippen molar-refractivity contribution in [3.63, 3.8) is 0 Å². The first-order chi connectivity index (χ1) is 8.81. The van der Waals surface area contributed by atoms with Gasteiger partial charge in [0.15, 0.2) is 0 Å². The van der Waals surface area contributed by atoms with Gasteiger partial charge in [0.25, 0.3) is 0 Å². The minimum atomic E-state index is 0.747. The monoisotopic (exact) mass is 303 g/mol. The van der Waals surface area contributed by atoms with E-state index in [9.17, 15) is 0 Å². The molecule has 2 aromatic rings. The van der Waals surface area contributed by atoms with Gasteiger partial charge in [-0.3, -0.25) is 0 Å². The molecule has 0 fully saturated rings. The SMILES string of the molecule is CO/N=C(\Cc1ccccc1)c1ccccc1Br. The van der Waals surface area contributed by atoms with Gasteiger partial charge in [-0.05, 0) is 11.6 Å². The molecule has 0 unspecified atom stereocenters. The summed E-state index contributed by atoms with van der Waals surface area (Å²) in [6.07, 6.45) is 0.747. The zero-order chi connectivity index (χ0) is 12.8. The molecule has 18 heavy (non-hydrogen) atoms. The Kier molecular flexibility index (Phi) is 4.53. The lowest BCUT2D eigenvalue weighted by atomic mass is 10.0.